The maximum Gasteiger partial charge on any atom is 0.319 e. The van der Waals surface area contributed by atoms with Crippen molar-refractivity contribution in [2.45, 2.75) is 19.9 Å². The first-order valence-corrected chi connectivity index (χ1v) is 7.42. The van der Waals surface area contributed by atoms with Crippen LogP contribution in [0, 0.1) is 24.0 Å². The number of carbonyl (C=O) groups is 1. The zero-order chi connectivity index (χ0) is 17.7. The first kappa shape index (κ1) is 17.4. The number of nitro benzene ring substituents is 1. The Hall–Kier alpha value is -2.93. The maximum absolute atomic E-state index is 12.2. The fraction of sp³-hybridized carbons (Fsp3) is 0.235. The topological polar surface area (TPSA) is 105 Å². The zero-order valence-electron chi connectivity index (χ0n) is 13.4. The van der Waals surface area contributed by atoms with Gasteiger partial charge in [-0.3, -0.25) is 10.1 Å². The van der Waals surface area contributed by atoms with Crippen molar-refractivity contribution < 1.29 is 14.8 Å². The number of carbonyl (C=O) groups excluding carboxylic acids is 1. The summed E-state index contributed by atoms with van der Waals surface area (Å²) in [5.41, 5.74) is 2.20. The number of hydrogen-bond donors (Lipinski definition) is 3. The Balaban J connectivity index is 2.18. The first-order valence-electron chi connectivity index (χ1n) is 7.42. The van der Waals surface area contributed by atoms with Crippen LogP contribution in [0.4, 0.5) is 16.2 Å². The van der Waals surface area contributed by atoms with Gasteiger partial charge in [-0.05, 0) is 25.0 Å². The molecule has 2 amide bonds. The Kier molecular flexibility index (Phi) is 5.49. The lowest BCUT2D eigenvalue weighted by atomic mass is 10.1. The largest absolute Gasteiger partial charge is 0.394 e. The number of rotatable bonds is 5. The molecule has 2 rings (SSSR count). The predicted molar refractivity (Wildman–Crippen MR) is 91.0 cm³/mol. The van der Waals surface area contributed by atoms with Gasteiger partial charge in [-0.15, -0.1) is 0 Å². The number of anilines is 1. The van der Waals surface area contributed by atoms with Crippen LogP contribution in [0.5, 0.6) is 0 Å². The molecule has 7 nitrogen and oxygen atoms in total. The molecule has 0 spiro atoms. The number of aliphatic hydroxyl groups is 1. The summed E-state index contributed by atoms with van der Waals surface area (Å²) in [7, 11) is 0. The molecule has 2 aromatic carbocycles. The third-order valence-corrected chi connectivity index (χ3v) is 3.77. The van der Waals surface area contributed by atoms with Crippen LogP contribution in [-0.4, -0.2) is 22.7 Å². The van der Waals surface area contributed by atoms with Crippen LogP contribution >= 0.6 is 0 Å². The highest BCUT2D eigenvalue weighted by molar-refractivity contribution is 5.92. The van der Waals surface area contributed by atoms with E-state index in [4.69, 9.17) is 0 Å². The van der Waals surface area contributed by atoms with Crippen molar-refractivity contribution in [3.63, 3.8) is 0 Å². The molecule has 7 heteroatoms. The van der Waals surface area contributed by atoms with E-state index in [9.17, 15) is 20.0 Å². The number of aliphatic hydroxyl groups excluding tert-OH is 1. The van der Waals surface area contributed by atoms with Crippen molar-refractivity contribution in [2.24, 2.45) is 0 Å². The van der Waals surface area contributed by atoms with Gasteiger partial charge in [-0.1, -0.05) is 36.4 Å². The molecule has 0 aliphatic rings. The minimum absolute atomic E-state index is 0.0577. The average molecular weight is 329 g/mol. The Morgan fingerprint density at radius 1 is 1.21 bits per heavy atom. The maximum atomic E-state index is 12.2. The van der Waals surface area contributed by atoms with Crippen molar-refractivity contribution in [3.8, 4) is 0 Å². The number of urea groups is 1. The summed E-state index contributed by atoms with van der Waals surface area (Å²) >= 11 is 0. The highest BCUT2D eigenvalue weighted by atomic mass is 16.6. The Morgan fingerprint density at radius 2 is 1.88 bits per heavy atom. The summed E-state index contributed by atoms with van der Waals surface area (Å²) in [6, 6.07) is 11.0. The molecule has 2 aromatic rings. The van der Waals surface area contributed by atoms with E-state index in [1.165, 1.54) is 6.07 Å². The Morgan fingerprint density at radius 3 is 2.46 bits per heavy atom. The van der Waals surface area contributed by atoms with E-state index >= 15 is 0 Å². The van der Waals surface area contributed by atoms with E-state index in [1.807, 2.05) is 18.2 Å². The van der Waals surface area contributed by atoms with E-state index in [-0.39, 0.29) is 12.3 Å². The van der Waals surface area contributed by atoms with Crippen molar-refractivity contribution in [1.82, 2.24) is 5.32 Å². The van der Waals surface area contributed by atoms with Crippen LogP contribution in [0.3, 0.4) is 0 Å². The molecule has 0 aromatic heterocycles. The lowest BCUT2D eigenvalue weighted by molar-refractivity contribution is -0.385. The van der Waals surface area contributed by atoms with Crippen LogP contribution in [0.2, 0.25) is 0 Å². The van der Waals surface area contributed by atoms with E-state index in [0.717, 1.165) is 5.56 Å². The molecule has 0 aliphatic heterocycles. The number of amides is 2. The second-order valence-electron chi connectivity index (χ2n) is 5.40. The van der Waals surface area contributed by atoms with E-state index in [1.54, 1.807) is 32.0 Å². The first-order chi connectivity index (χ1) is 11.4. The molecule has 0 fully saturated rings. The van der Waals surface area contributed by atoms with Crippen LogP contribution in [0.1, 0.15) is 22.7 Å². The SMILES string of the molecule is Cc1ccc([N+](=O)[O-])c(C)c1NC(=O)N[C@H](CO)c1ccccc1. The molecule has 0 heterocycles. The van der Waals surface area contributed by atoms with Gasteiger partial charge in [0.15, 0.2) is 0 Å². The van der Waals surface area contributed by atoms with Crippen molar-refractivity contribution in [2.75, 3.05) is 11.9 Å². The van der Waals surface area contributed by atoms with E-state index in [2.05, 4.69) is 10.6 Å². The zero-order valence-corrected chi connectivity index (χ0v) is 13.4. The summed E-state index contributed by atoms with van der Waals surface area (Å²) in [6.07, 6.45) is 0. The lowest BCUT2D eigenvalue weighted by Crippen LogP contribution is -2.34. The monoisotopic (exact) mass is 329 g/mol. The second kappa shape index (κ2) is 7.56. The molecule has 0 unspecified atom stereocenters. The van der Waals surface area contributed by atoms with Gasteiger partial charge in [0.1, 0.15) is 0 Å². The average Bonchev–Trinajstić information content (AvgIpc) is 2.57. The molecule has 24 heavy (non-hydrogen) atoms. The summed E-state index contributed by atoms with van der Waals surface area (Å²) in [6.45, 7) is 3.08. The van der Waals surface area contributed by atoms with Gasteiger partial charge in [0.25, 0.3) is 5.69 Å². The standard InChI is InChI=1S/C17H19N3O4/c1-11-8-9-15(20(23)24)12(2)16(11)19-17(22)18-14(10-21)13-6-4-3-5-7-13/h3-9,14,21H,10H2,1-2H3,(H2,18,19,22)/t14-/m1/s1. The number of aryl methyl sites for hydroxylation is 1. The van der Waals surface area contributed by atoms with Crippen LogP contribution in [0.25, 0.3) is 0 Å². The molecule has 1 atom stereocenters. The molecule has 0 aliphatic carbocycles. The third-order valence-electron chi connectivity index (χ3n) is 3.77. The van der Waals surface area contributed by atoms with E-state index in [0.29, 0.717) is 16.8 Å². The highest BCUT2D eigenvalue weighted by Crippen LogP contribution is 2.28. The smallest absolute Gasteiger partial charge is 0.319 e. The normalized spacial score (nSPS) is 11.6. The molecule has 126 valence electrons. The predicted octanol–water partition coefficient (Wildman–Crippen LogP) is 3.07. The quantitative estimate of drug-likeness (QED) is 0.579. The number of nitrogens with zero attached hydrogens (tertiary/aromatic N) is 1. The third kappa shape index (κ3) is 3.88. The molecular weight excluding hydrogens is 310 g/mol. The van der Waals surface area contributed by atoms with Crippen LogP contribution < -0.4 is 10.6 Å². The van der Waals surface area contributed by atoms with Gasteiger partial charge in [0, 0.05) is 6.07 Å². The molecular formula is C17H19N3O4. The van der Waals surface area contributed by atoms with Crippen molar-refractivity contribution in [1.29, 1.82) is 0 Å². The van der Waals surface area contributed by atoms with Crippen LogP contribution in [-0.2, 0) is 0 Å². The Bertz CT molecular complexity index is 747. The van der Waals surface area contributed by atoms with Crippen LogP contribution in [0.15, 0.2) is 42.5 Å². The van der Waals surface area contributed by atoms with Gasteiger partial charge in [0.05, 0.1) is 28.8 Å². The highest BCUT2D eigenvalue weighted by Gasteiger charge is 2.19. The summed E-state index contributed by atoms with van der Waals surface area (Å²) in [5, 5.41) is 25.8. The fourth-order valence-electron chi connectivity index (χ4n) is 2.45. The van der Waals surface area contributed by atoms with Gasteiger partial charge in [0.2, 0.25) is 0 Å². The van der Waals surface area contributed by atoms with Gasteiger partial charge in [-0.25, -0.2) is 4.79 Å². The van der Waals surface area contributed by atoms with E-state index < -0.39 is 17.0 Å². The minimum atomic E-state index is -0.564. The van der Waals surface area contributed by atoms with Gasteiger partial charge < -0.3 is 15.7 Å². The minimum Gasteiger partial charge on any atom is -0.394 e. The van der Waals surface area contributed by atoms with Crippen molar-refractivity contribution >= 4 is 17.4 Å². The number of benzene rings is 2. The van der Waals surface area contributed by atoms with Crippen molar-refractivity contribution in [3.05, 3.63) is 69.3 Å². The lowest BCUT2D eigenvalue weighted by Gasteiger charge is -2.18. The molecule has 0 saturated carbocycles. The molecule has 0 radical (unpaired) electrons. The summed E-state index contributed by atoms with van der Waals surface area (Å²) < 4.78 is 0. The summed E-state index contributed by atoms with van der Waals surface area (Å²) in [4.78, 5) is 22.8. The number of nitro groups is 1. The molecule has 0 saturated heterocycles. The second-order valence-corrected chi connectivity index (χ2v) is 5.40. The molecule has 0 bridgehead atoms. The molecule has 3 N–H and O–H groups in total. The Labute approximate surface area is 139 Å². The summed E-state index contributed by atoms with van der Waals surface area (Å²) in [5.74, 6) is 0. The number of nitrogens with one attached hydrogen (secondary N) is 2. The van der Waals surface area contributed by atoms with Gasteiger partial charge >= 0.3 is 6.03 Å². The fourth-order valence-corrected chi connectivity index (χ4v) is 2.45. The van der Waals surface area contributed by atoms with Gasteiger partial charge in [-0.2, -0.15) is 0 Å². The number of hydrogen-bond acceptors (Lipinski definition) is 4.